The second kappa shape index (κ2) is 8.72. The SMILES string of the molecule is Cc1cc(OC2c3cc(F)cc(Cl)c3CC2N2CCC[C@@H](N)C2)ccc1S(=O)(=O)C(F)(F)F. The molecule has 1 heterocycles. The van der Waals surface area contributed by atoms with E-state index in [2.05, 4.69) is 4.90 Å². The number of hydrogen-bond donors (Lipinski definition) is 1. The summed E-state index contributed by atoms with van der Waals surface area (Å²) in [6.45, 7) is 2.67. The van der Waals surface area contributed by atoms with Crippen molar-refractivity contribution >= 4 is 21.4 Å². The number of sulfone groups is 1. The third-order valence-corrected chi connectivity index (χ3v) is 8.21. The first kappa shape index (κ1) is 24.3. The fourth-order valence-corrected chi connectivity index (χ4v) is 5.96. The highest BCUT2D eigenvalue weighted by Gasteiger charge is 2.47. The molecule has 0 saturated carbocycles. The highest BCUT2D eigenvalue weighted by atomic mass is 35.5. The summed E-state index contributed by atoms with van der Waals surface area (Å²) in [5.74, 6) is -0.343. The van der Waals surface area contributed by atoms with Crippen molar-refractivity contribution in [1.29, 1.82) is 0 Å². The molecule has 1 aliphatic carbocycles. The predicted octanol–water partition coefficient (Wildman–Crippen LogP) is 4.55. The Morgan fingerprint density at radius 2 is 1.94 bits per heavy atom. The van der Waals surface area contributed by atoms with E-state index in [1.54, 1.807) is 0 Å². The molecule has 11 heteroatoms. The third kappa shape index (κ3) is 4.58. The molecule has 5 nitrogen and oxygen atoms in total. The summed E-state index contributed by atoms with van der Waals surface area (Å²) >= 11 is 6.30. The first-order valence-electron chi connectivity index (χ1n) is 10.4. The van der Waals surface area contributed by atoms with Gasteiger partial charge in [-0.15, -0.1) is 0 Å². The van der Waals surface area contributed by atoms with Crippen molar-refractivity contribution in [2.45, 2.75) is 54.8 Å². The average Bonchev–Trinajstić information content (AvgIpc) is 3.05. The Hall–Kier alpha value is -1.88. The van der Waals surface area contributed by atoms with E-state index in [-0.39, 0.29) is 28.4 Å². The van der Waals surface area contributed by atoms with Gasteiger partial charge in [-0.05, 0) is 74.2 Å². The fourth-order valence-electron chi connectivity index (χ4n) is 4.69. The Kier molecular flexibility index (Phi) is 6.41. The molecule has 2 aliphatic rings. The van der Waals surface area contributed by atoms with Gasteiger partial charge in [0.1, 0.15) is 17.7 Å². The number of piperidine rings is 1. The quantitative estimate of drug-likeness (QED) is 0.616. The van der Waals surface area contributed by atoms with Gasteiger partial charge in [0, 0.05) is 23.2 Å². The first-order chi connectivity index (χ1) is 15.4. The Morgan fingerprint density at radius 1 is 1.21 bits per heavy atom. The summed E-state index contributed by atoms with van der Waals surface area (Å²) < 4.78 is 82.9. The fraction of sp³-hybridized carbons (Fsp3) is 0.455. The van der Waals surface area contributed by atoms with Crippen LogP contribution >= 0.6 is 11.6 Å². The molecule has 0 radical (unpaired) electrons. The molecule has 4 rings (SSSR count). The lowest BCUT2D eigenvalue weighted by atomic mass is 10.0. The molecule has 2 N–H and O–H groups in total. The monoisotopic (exact) mass is 506 g/mol. The summed E-state index contributed by atoms with van der Waals surface area (Å²) in [4.78, 5) is 1.34. The van der Waals surface area contributed by atoms with Crippen molar-refractivity contribution in [3.05, 3.63) is 57.9 Å². The molecular weight excluding hydrogens is 484 g/mol. The average molecular weight is 507 g/mol. The summed E-state index contributed by atoms with van der Waals surface area (Å²) in [6.07, 6.45) is 1.64. The zero-order valence-corrected chi connectivity index (χ0v) is 19.3. The van der Waals surface area contributed by atoms with E-state index in [1.807, 2.05) is 0 Å². The number of nitrogens with zero attached hydrogens (tertiary/aromatic N) is 1. The maximum absolute atomic E-state index is 14.2. The van der Waals surface area contributed by atoms with Crippen LogP contribution in [0.3, 0.4) is 0 Å². The number of aryl methyl sites for hydroxylation is 1. The highest BCUT2D eigenvalue weighted by Crippen LogP contribution is 2.43. The van der Waals surface area contributed by atoms with E-state index in [9.17, 15) is 26.0 Å². The van der Waals surface area contributed by atoms with E-state index >= 15 is 0 Å². The normalized spacial score (nSPS) is 24.0. The number of rotatable bonds is 4. The molecule has 2 unspecified atom stereocenters. The second-order valence-corrected chi connectivity index (χ2v) is 10.9. The minimum Gasteiger partial charge on any atom is -0.484 e. The number of nitrogens with two attached hydrogens (primary N) is 1. The van der Waals surface area contributed by atoms with Gasteiger partial charge in [0.05, 0.1) is 10.9 Å². The molecule has 2 aromatic rings. The molecule has 1 aliphatic heterocycles. The van der Waals surface area contributed by atoms with E-state index < -0.39 is 32.2 Å². The number of likely N-dealkylation sites (tertiary alicyclic amines) is 1. The maximum Gasteiger partial charge on any atom is 0.501 e. The molecule has 0 spiro atoms. The zero-order valence-electron chi connectivity index (χ0n) is 17.7. The van der Waals surface area contributed by atoms with Crippen LogP contribution < -0.4 is 10.5 Å². The van der Waals surface area contributed by atoms with Gasteiger partial charge in [0.15, 0.2) is 0 Å². The van der Waals surface area contributed by atoms with Crippen LogP contribution in [0.25, 0.3) is 0 Å². The lowest BCUT2D eigenvalue weighted by Gasteiger charge is -2.38. The van der Waals surface area contributed by atoms with Gasteiger partial charge in [-0.2, -0.15) is 13.2 Å². The van der Waals surface area contributed by atoms with Crippen LogP contribution in [0.15, 0.2) is 35.2 Å². The van der Waals surface area contributed by atoms with E-state index in [0.717, 1.165) is 31.0 Å². The highest BCUT2D eigenvalue weighted by molar-refractivity contribution is 7.92. The summed E-state index contributed by atoms with van der Waals surface area (Å²) in [5.41, 5.74) is 1.95. The molecule has 0 amide bonds. The van der Waals surface area contributed by atoms with E-state index in [1.165, 1.54) is 31.2 Å². The third-order valence-electron chi connectivity index (χ3n) is 6.23. The van der Waals surface area contributed by atoms with E-state index in [4.69, 9.17) is 22.1 Å². The van der Waals surface area contributed by atoms with Crippen LogP contribution in [0.4, 0.5) is 17.6 Å². The van der Waals surface area contributed by atoms with Crippen LogP contribution in [-0.2, 0) is 16.3 Å². The van der Waals surface area contributed by atoms with Gasteiger partial charge in [-0.1, -0.05) is 11.6 Å². The van der Waals surface area contributed by atoms with Crippen molar-refractivity contribution < 1.29 is 30.7 Å². The number of halogens is 5. The molecule has 1 saturated heterocycles. The first-order valence-corrected chi connectivity index (χ1v) is 12.3. The molecule has 33 heavy (non-hydrogen) atoms. The molecule has 0 bridgehead atoms. The minimum atomic E-state index is -5.49. The molecule has 1 fully saturated rings. The van der Waals surface area contributed by atoms with E-state index in [0.29, 0.717) is 18.5 Å². The van der Waals surface area contributed by atoms with Crippen LogP contribution in [0, 0.1) is 12.7 Å². The summed E-state index contributed by atoms with van der Waals surface area (Å²) in [5, 5.41) is 0.283. The largest absolute Gasteiger partial charge is 0.501 e. The number of alkyl halides is 3. The minimum absolute atomic E-state index is 0.00979. The van der Waals surface area contributed by atoms with Gasteiger partial charge >= 0.3 is 5.51 Å². The smallest absolute Gasteiger partial charge is 0.484 e. The molecule has 3 atom stereocenters. The summed E-state index contributed by atoms with van der Waals surface area (Å²) in [7, 11) is -5.49. The van der Waals surface area contributed by atoms with Crippen LogP contribution in [0.1, 0.15) is 35.6 Å². The number of benzene rings is 2. The van der Waals surface area contributed by atoms with Crippen molar-refractivity contribution in [3.63, 3.8) is 0 Å². The Morgan fingerprint density at radius 3 is 2.58 bits per heavy atom. The number of ether oxygens (including phenoxy) is 1. The molecule has 180 valence electrons. The Labute approximate surface area is 194 Å². The van der Waals surface area contributed by atoms with Crippen molar-refractivity contribution in [1.82, 2.24) is 4.90 Å². The second-order valence-electron chi connectivity index (χ2n) is 8.54. The van der Waals surface area contributed by atoms with Gasteiger partial charge in [0.2, 0.25) is 0 Å². The number of fused-ring (bicyclic) bond motifs is 1. The van der Waals surface area contributed by atoms with Gasteiger partial charge in [0.25, 0.3) is 9.84 Å². The van der Waals surface area contributed by atoms with Gasteiger partial charge < -0.3 is 10.5 Å². The van der Waals surface area contributed by atoms with Gasteiger partial charge in [-0.25, -0.2) is 12.8 Å². The predicted molar refractivity (Wildman–Crippen MR) is 115 cm³/mol. The Balaban J connectivity index is 1.69. The van der Waals surface area contributed by atoms with Crippen LogP contribution in [-0.4, -0.2) is 44.0 Å². The van der Waals surface area contributed by atoms with Crippen molar-refractivity contribution in [2.75, 3.05) is 13.1 Å². The summed E-state index contributed by atoms with van der Waals surface area (Å²) in [6, 6.07) is 5.69. The molecule has 2 aromatic carbocycles. The standard InChI is InChI=1S/C22H23ClF4N2O3S/c1-12-7-15(4-5-20(12)33(30,31)22(25,26)27)32-21-17-8-13(24)9-18(23)16(17)10-19(21)29-6-2-3-14(28)11-29/h4-5,7-9,14,19,21H,2-3,6,10-11,28H2,1H3/t14-,19?,21?/m1/s1. The molecular formula is C22H23ClF4N2O3S. The molecule has 0 aromatic heterocycles. The number of hydrogen-bond acceptors (Lipinski definition) is 5. The topological polar surface area (TPSA) is 72.6 Å². The maximum atomic E-state index is 14.2. The lowest BCUT2D eigenvalue weighted by Crippen LogP contribution is -2.49. The zero-order chi connectivity index (χ0) is 24.1. The lowest BCUT2D eigenvalue weighted by molar-refractivity contribution is -0.0436. The van der Waals surface area contributed by atoms with Crippen molar-refractivity contribution in [2.24, 2.45) is 5.73 Å². The van der Waals surface area contributed by atoms with Gasteiger partial charge in [-0.3, -0.25) is 4.90 Å². The van der Waals surface area contributed by atoms with Crippen LogP contribution in [0.5, 0.6) is 5.75 Å². The Bertz CT molecular complexity index is 1170. The van der Waals surface area contributed by atoms with Crippen LogP contribution in [0.2, 0.25) is 5.02 Å². The van der Waals surface area contributed by atoms with Crippen molar-refractivity contribution in [3.8, 4) is 5.75 Å².